The molecule has 1 heterocycles. The fourth-order valence-electron chi connectivity index (χ4n) is 2.93. The fourth-order valence-corrected chi connectivity index (χ4v) is 3.14. The van der Waals surface area contributed by atoms with Crippen LogP contribution in [0, 0.1) is 0 Å². The first-order valence-corrected chi connectivity index (χ1v) is 8.00. The maximum absolute atomic E-state index is 12.5. The molecule has 1 aliphatic rings. The molecule has 0 radical (unpaired) electrons. The Morgan fingerprint density at radius 1 is 1.39 bits per heavy atom. The average Bonchev–Trinajstić information content (AvgIpc) is 2.82. The van der Waals surface area contributed by atoms with E-state index in [-0.39, 0.29) is 6.42 Å². The van der Waals surface area contributed by atoms with E-state index in [1.54, 1.807) is 39.0 Å². The van der Waals surface area contributed by atoms with Crippen molar-refractivity contribution >= 4 is 23.7 Å². The molecule has 1 N–H and O–H groups in total. The van der Waals surface area contributed by atoms with Crippen molar-refractivity contribution in [3.8, 4) is 0 Å². The lowest BCUT2D eigenvalue weighted by molar-refractivity contribution is -0.149. The van der Waals surface area contributed by atoms with Crippen LogP contribution in [0.2, 0.25) is 5.02 Å². The summed E-state index contributed by atoms with van der Waals surface area (Å²) in [5.41, 5.74) is -1.16. The fraction of sp³-hybridized carbons (Fsp3) is 0.529. The maximum Gasteiger partial charge on any atom is 0.411 e. The Morgan fingerprint density at radius 3 is 2.65 bits per heavy atom. The van der Waals surface area contributed by atoms with Gasteiger partial charge in [0, 0.05) is 18.0 Å². The van der Waals surface area contributed by atoms with Gasteiger partial charge in [0.2, 0.25) is 0 Å². The van der Waals surface area contributed by atoms with Crippen molar-refractivity contribution in [3.63, 3.8) is 0 Å². The van der Waals surface area contributed by atoms with Gasteiger partial charge >= 0.3 is 12.1 Å². The van der Waals surface area contributed by atoms with Crippen LogP contribution >= 0.6 is 11.6 Å². The molecule has 23 heavy (non-hydrogen) atoms. The van der Waals surface area contributed by atoms with E-state index in [1.165, 1.54) is 4.90 Å². The number of hydrogen-bond acceptors (Lipinski definition) is 3. The van der Waals surface area contributed by atoms with Gasteiger partial charge in [-0.05, 0) is 51.3 Å². The van der Waals surface area contributed by atoms with E-state index in [9.17, 15) is 14.7 Å². The van der Waals surface area contributed by atoms with Crippen LogP contribution < -0.4 is 0 Å². The molecule has 1 aliphatic heterocycles. The highest BCUT2D eigenvalue weighted by Gasteiger charge is 2.51. The van der Waals surface area contributed by atoms with Crippen LogP contribution in [0.15, 0.2) is 24.3 Å². The molecule has 2 rings (SSSR count). The van der Waals surface area contributed by atoms with Gasteiger partial charge in [0.25, 0.3) is 0 Å². The Balaban J connectivity index is 2.31. The Kier molecular flexibility index (Phi) is 4.90. The highest BCUT2D eigenvalue weighted by atomic mass is 35.5. The number of carboxylic acids is 1. The lowest BCUT2D eigenvalue weighted by atomic mass is 9.88. The van der Waals surface area contributed by atoms with Crippen molar-refractivity contribution < 1.29 is 19.4 Å². The van der Waals surface area contributed by atoms with Crippen molar-refractivity contribution in [3.05, 3.63) is 34.9 Å². The molecule has 1 saturated heterocycles. The highest BCUT2D eigenvalue weighted by molar-refractivity contribution is 6.30. The third-order valence-corrected chi connectivity index (χ3v) is 4.12. The summed E-state index contributed by atoms with van der Waals surface area (Å²) >= 11 is 5.99. The first-order chi connectivity index (χ1) is 10.6. The minimum atomic E-state index is -1.28. The van der Waals surface area contributed by atoms with E-state index >= 15 is 0 Å². The van der Waals surface area contributed by atoms with Gasteiger partial charge in [-0.1, -0.05) is 23.7 Å². The summed E-state index contributed by atoms with van der Waals surface area (Å²) in [6.07, 6.45) is 0.655. The van der Waals surface area contributed by atoms with Gasteiger partial charge in [-0.15, -0.1) is 0 Å². The molecular formula is C17H22ClNO4. The predicted octanol–water partition coefficient (Wildman–Crippen LogP) is 3.74. The van der Waals surface area contributed by atoms with Gasteiger partial charge < -0.3 is 9.84 Å². The van der Waals surface area contributed by atoms with E-state index in [4.69, 9.17) is 16.3 Å². The molecular weight excluding hydrogens is 318 g/mol. The van der Waals surface area contributed by atoms with Crippen LogP contribution in [0.25, 0.3) is 0 Å². The van der Waals surface area contributed by atoms with Crippen molar-refractivity contribution in [2.24, 2.45) is 0 Å². The highest BCUT2D eigenvalue weighted by Crippen LogP contribution is 2.35. The summed E-state index contributed by atoms with van der Waals surface area (Å²) in [4.78, 5) is 25.8. The van der Waals surface area contributed by atoms with Gasteiger partial charge in [0.15, 0.2) is 0 Å². The monoisotopic (exact) mass is 339 g/mol. The zero-order valence-electron chi connectivity index (χ0n) is 13.6. The minimum absolute atomic E-state index is 0.210. The SMILES string of the molecule is CC(C)(C)OC(=O)N1CCC[C@]1(Cc1cccc(Cl)c1)C(=O)O. The van der Waals surface area contributed by atoms with Gasteiger partial charge in [-0.3, -0.25) is 4.90 Å². The Morgan fingerprint density at radius 2 is 2.09 bits per heavy atom. The third kappa shape index (κ3) is 3.96. The number of ether oxygens (including phenoxy) is 1. The Hall–Kier alpha value is -1.75. The van der Waals surface area contributed by atoms with Gasteiger partial charge in [-0.25, -0.2) is 9.59 Å². The number of hydrogen-bond donors (Lipinski definition) is 1. The quantitative estimate of drug-likeness (QED) is 0.911. The molecule has 5 nitrogen and oxygen atoms in total. The standard InChI is InChI=1S/C17H22ClNO4/c1-16(2,3)23-15(22)19-9-5-8-17(19,14(20)21)11-12-6-4-7-13(18)10-12/h4,6-7,10H,5,8-9,11H2,1-3H3,(H,20,21)/t17-/m0/s1. The zero-order chi connectivity index (χ0) is 17.3. The van der Waals surface area contributed by atoms with Crippen LogP contribution in [0.5, 0.6) is 0 Å². The molecule has 1 aromatic carbocycles. The average molecular weight is 340 g/mol. The molecule has 1 aromatic rings. The number of carbonyl (C=O) groups is 2. The number of benzene rings is 1. The Bertz CT molecular complexity index is 611. The maximum atomic E-state index is 12.5. The summed E-state index contributed by atoms with van der Waals surface area (Å²) in [5.74, 6) is -1.01. The molecule has 0 aliphatic carbocycles. The summed E-state index contributed by atoms with van der Waals surface area (Å²) in [5, 5.41) is 10.4. The third-order valence-electron chi connectivity index (χ3n) is 3.89. The van der Waals surface area contributed by atoms with Crippen LogP contribution in [-0.2, 0) is 16.0 Å². The van der Waals surface area contributed by atoms with E-state index < -0.39 is 23.2 Å². The van der Waals surface area contributed by atoms with Gasteiger partial charge in [0.05, 0.1) is 0 Å². The number of carboxylic acid groups (broad SMARTS) is 1. The lowest BCUT2D eigenvalue weighted by Crippen LogP contribution is -2.55. The molecule has 0 unspecified atom stereocenters. The van der Waals surface area contributed by atoms with Gasteiger partial charge in [0.1, 0.15) is 11.1 Å². The first-order valence-electron chi connectivity index (χ1n) is 7.62. The predicted molar refractivity (Wildman–Crippen MR) is 87.7 cm³/mol. The number of nitrogens with zero attached hydrogens (tertiary/aromatic N) is 1. The van der Waals surface area contributed by atoms with Crippen molar-refractivity contribution in [1.29, 1.82) is 0 Å². The number of aliphatic carboxylic acids is 1. The summed E-state index contributed by atoms with van der Waals surface area (Å²) in [6, 6.07) is 7.07. The van der Waals surface area contributed by atoms with Crippen LogP contribution in [0.1, 0.15) is 39.2 Å². The van der Waals surface area contributed by atoms with Crippen LogP contribution in [0.4, 0.5) is 4.79 Å². The second-order valence-electron chi connectivity index (χ2n) is 6.88. The first kappa shape index (κ1) is 17.6. The largest absolute Gasteiger partial charge is 0.479 e. The number of halogens is 1. The van der Waals surface area contributed by atoms with Gasteiger partial charge in [-0.2, -0.15) is 0 Å². The molecule has 126 valence electrons. The van der Waals surface area contributed by atoms with E-state index in [0.717, 1.165) is 5.56 Å². The normalized spacial score (nSPS) is 21.3. The van der Waals surface area contributed by atoms with E-state index in [0.29, 0.717) is 24.4 Å². The van der Waals surface area contributed by atoms with Crippen molar-refractivity contribution in [1.82, 2.24) is 4.90 Å². The summed E-state index contributed by atoms with van der Waals surface area (Å²) in [6.45, 7) is 5.67. The number of amides is 1. The smallest absolute Gasteiger partial charge is 0.411 e. The molecule has 0 bridgehead atoms. The molecule has 6 heteroatoms. The molecule has 1 atom stereocenters. The molecule has 0 spiro atoms. The van der Waals surface area contributed by atoms with Crippen molar-refractivity contribution in [2.45, 2.75) is 51.2 Å². The summed E-state index contributed by atoms with van der Waals surface area (Å²) in [7, 11) is 0. The zero-order valence-corrected chi connectivity index (χ0v) is 14.4. The van der Waals surface area contributed by atoms with E-state index in [1.807, 2.05) is 6.07 Å². The topological polar surface area (TPSA) is 66.8 Å². The Labute approximate surface area is 141 Å². The van der Waals surface area contributed by atoms with Crippen molar-refractivity contribution in [2.75, 3.05) is 6.54 Å². The number of likely N-dealkylation sites (tertiary alicyclic amines) is 1. The lowest BCUT2D eigenvalue weighted by Gasteiger charge is -2.36. The number of rotatable bonds is 3. The van der Waals surface area contributed by atoms with Crippen LogP contribution in [0.3, 0.4) is 0 Å². The second-order valence-corrected chi connectivity index (χ2v) is 7.32. The van der Waals surface area contributed by atoms with E-state index in [2.05, 4.69) is 0 Å². The minimum Gasteiger partial charge on any atom is -0.479 e. The molecule has 1 amide bonds. The molecule has 0 aromatic heterocycles. The number of carbonyl (C=O) groups excluding carboxylic acids is 1. The molecule has 1 fully saturated rings. The van der Waals surface area contributed by atoms with Crippen LogP contribution in [-0.4, -0.2) is 39.8 Å². The molecule has 0 saturated carbocycles. The second kappa shape index (κ2) is 6.40. The summed E-state index contributed by atoms with van der Waals surface area (Å²) < 4.78 is 5.39.